The highest BCUT2D eigenvalue weighted by atomic mass is 35.5. The third kappa shape index (κ3) is 4.67. The molecule has 0 aromatic heterocycles. The van der Waals surface area contributed by atoms with Crippen LogP contribution in [0.15, 0.2) is 59.7 Å². The first kappa shape index (κ1) is 20.0. The van der Waals surface area contributed by atoms with Crippen molar-refractivity contribution >= 4 is 24.6 Å². The van der Waals surface area contributed by atoms with Crippen molar-refractivity contribution in [1.29, 1.82) is 0 Å². The molecule has 0 amide bonds. The summed E-state index contributed by atoms with van der Waals surface area (Å²) < 4.78 is 11.8. The molecule has 2 aromatic carbocycles. The van der Waals surface area contributed by atoms with Crippen molar-refractivity contribution in [2.24, 2.45) is 0 Å². The van der Waals surface area contributed by atoms with Crippen molar-refractivity contribution in [2.45, 2.75) is 0 Å². The summed E-state index contributed by atoms with van der Waals surface area (Å²) in [5, 5.41) is 0. The molecular weight excluding hydrogens is 384 g/mol. The molecule has 0 N–H and O–H groups in total. The van der Waals surface area contributed by atoms with Gasteiger partial charge in [0.2, 0.25) is 0 Å². The lowest BCUT2D eigenvalue weighted by Gasteiger charge is -2.36. The molecule has 1 saturated heterocycles. The number of hydrogen-bond donors (Lipinski definition) is 0. The van der Waals surface area contributed by atoms with E-state index in [1.807, 2.05) is 24.3 Å². The third-order valence-electron chi connectivity index (χ3n) is 5.70. The Labute approximate surface area is 178 Å². The zero-order valence-electron chi connectivity index (χ0n) is 16.5. The van der Waals surface area contributed by atoms with E-state index in [1.54, 1.807) is 0 Å². The lowest BCUT2D eigenvalue weighted by Crippen LogP contribution is -2.47. The summed E-state index contributed by atoms with van der Waals surface area (Å²) in [4.78, 5) is 5.08. The quantitative estimate of drug-likeness (QED) is 0.761. The Balaban J connectivity index is 0.00000205. The Morgan fingerprint density at radius 3 is 1.48 bits per heavy atom. The Kier molecular flexibility index (Phi) is 6.24. The van der Waals surface area contributed by atoms with Crippen molar-refractivity contribution in [2.75, 3.05) is 52.5 Å². The van der Waals surface area contributed by atoms with Crippen LogP contribution in [0.3, 0.4) is 0 Å². The summed E-state index contributed by atoms with van der Waals surface area (Å²) in [6.07, 6.45) is 4.60. The van der Waals surface area contributed by atoms with Gasteiger partial charge in [0.05, 0.1) is 0 Å². The van der Waals surface area contributed by atoms with Crippen LogP contribution in [0.4, 0.5) is 0 Å². The van der Waals surface area contributed by atoms with Gasteiger partial charge >= 0.3 is 0 Å². The Bertz CT molecular complexity index is 841. The molecule has 0 radical (unpaired) electrons. The number of fused-ring (bicyclic) bond motifs is 2. The normalized spacial score (nSPS) is 18.9. The number of ether oxygens (including phenoxy) is 2. The lowest BCUT2D eigenvalue weighted by atomic mass is 10.1. The van der Waals surface area contributed by atoms with E-state index >= 15 is 0 Å². The fourth-order valence-electron chi connectivity index (χ4n) is 4.19. The van der Waals surface area contributed by atoms with E-state index in [9.17, 15) is 0 Å². The molecule has 3 heterocycles. The van der Waals surface area contributed by atoms with Gasteiger partial charge in [0, 0.05) is 50.4 Å². The van der Waals surface area contributed by atoms with E-state index in [2.05, 4.69) is 46.2 Å². The van der Waals surface area contributed by atoms with E-state index in [0.29, 0.717) is 13.2 Å². The van der Waals surface area contributed by atoms with Crippen LogP contribution in [0.1, 0.15) is 11.1 Å². The first-order valence-corrected chi connectivity index (χ1v) is 10.1. The third-order valence-corrected chi connectivity index (χ3v) is 5.70. The van der Waals surface area contributed by atoms with Gasteiger partial charge in [-0.05, 0) is 35.4 Å². The van der Waals surface area contributed by atoms with Gasteiger partial charge in [-0.1, -0.05) is 36.4 Å². The van der Waals surface area contributed by atoms with Gasteiger partial charge in [0.1, 0.15) is 24.7 Å². The molecule has 152 valence electrons. The molecule has 3 aliphatic heterocycles. The van der Waals surface area contributed by atoms with Crippen LogP contribution in [0.25, 0.3) is 12.2 Å². The Hall–Kier alpha value is -2.27. The number of rotatable bonds is 4. The topological polar surface area (TPSA) is 24.9 Å². The van der Waals surface area contributed by atoms with Crippen LogP contribution in [0, 0.1) is 0 Å². The minimum absolute atomic E-state index is 0. The SMILES string of the molecule is C1=C(CN2CCN(CC3=Cc4ccccc4OC3)CC2)COc2ccccc21.Cl. The van der Waals surface area contributed by atoms with Gasteiger partial charge in [-0.15, -0.1) is 12.4 Å². The van der Waals surface area contributed by atoms with Gasteiger partial charge in [-0.25, -0.2) is 0 Å². The number of piperazine rings is 1. The largest absolute Gasteiger partial charge is 0.489 e. The van der Waals surface area contributed by atoms with E-state index in [0.717, 1.165) is 50.8 Å². The zero-order valence-corrected chi connectivity index (χ0v) is 17.4. The molecule has 2 aromatic rings. The Morgan fingerprint density at radius 1 is 0.621 bits per heavy atom. The van der Waals surface area contributed by atoms with Crippen LogP contribution < -0.4 is 9.47 Å². The van der Waals surface area contributed by atoms with Crippen LogP contribution in [-0.2, 0) is 0 Å². The zero-order chi connectivity index (χ0) is 18.8. The molecule has 0 unspecified atom stereocenters. The second kappa shape index (κ2) is 9.04. The van der Waals surface area contributed by atoms with E-state index in [-0.39, 0.29) is 12.4 Å². The summed E-state index contributed by atoms with van der Waals surface area (Å²) in [5.74, 6) is 2.00. The van der Waals surface area contributed by atoms with Crippen LogP contribution in [-0.4, -0.2) is 62.3 Å². The summed E-state index contributed by atoms with van der Waals surface area (Å²) in [6.45, 7) is 7.82. The number of benzene rings is 2. The monoisotopic (exact) mass is 410 g/mol. The predicted octanol–water partition coefficient (Wildman–Crippen LogP) is 3.98. The van der Waals surface area contributed by atoms with Crippen molar-refractivity contribution in [3.63, 3.8) is 0 Å². The average molecular weight is 411 g/mol. The lowest BCUT2D eigenvalue weighted by molar-refractivity contribution is 0.143. The Morgan fingerprint density at radius 2 is 1.03 bits per heavy atom. The molecule has 29 heavy (non-hydrogen) atoms. The number of halogens is 1. The summed E-state index contributed by atoms with van der Waals surface area (Å²) in [7, 11) is 0. The van der Waals surface area contributed by atoms with Crippen LogP contribution in [0.2, 0.25) is 0 Å². The van der Waals surface area contributed by atoms with Crippen LogP contribution >= 0.6 is 12.4 Å². The highest BCUT2D eigenvalue weighted by Gasteiger charge is 2.21. The second-order valence-corrected chi connectivity index (χ2v) is 7.81. The maximum Gasteiger partial charge on any atom is 0.127 e. The van der Waals surface area contributed by atoms with Gasteiger partial charge in [-0.2, -0.15) is 0 Å². The molecule has 3 aliphatic rings. The molecule has 0 bridgehead atoms. The fourth-order valence-corrected chi connectivity index (χ4v) is 4.19. The average Bonchev–Trinajstić information content (AvgIpc) is 2.75. The molecule has 0 atom stereocenters. The van der Waals surface area contributed by atoms with E-state index in [1.165, 1.54) is 22.3 Å². The maximum atomic E-state index is 5.90. The van der Waals surface area contributed by atoms with E-state index in [4.69, 9.17) is 9.47 Å². The molecule has 0 saturated carbocycles. The summed E-state index contributed by atoms with van der Waals surface area (Å²) in [5.41, 5.74) is 5.14. The standard InChI is InChI=1S/C24H26N2O2.ClH/c1-3-7-23-21(5-1)13-19(17-27-23)15-25-9-11-26(12-10-25)16-20-14-22-6-2-4-8-24(22)28-18-20;/h1-8,13-14H,9-12,15-18H2;1H. The minimum atomic E-state index is 0. The second-order valence-electron chi connectivity index (χ2n) is 7.81. The van der Waals surface area contributed by atoms with Crippen molar-refractivity contribution < 1.29 is 9.47 Å². The molecular formula is C24H27ClN2O2. The maximum absolute atomic E-state index is 5.90. The predicted molar refractivity (Wildman–Crippen MR) is 120 cm³/mol. The van der Waals surface area contributed by atoms with Crippen molar-refractivity contribution in [1.82, 2.24) is 9.80 Å². The fraction of sp³-hybridized carbons (Fsp3) is 0.333. The van der Waals surface area contributed by atoms with E-state index < -0.39 is 0 Å². The highest BCUT2D eigenvalue weighted by Crippen LogP contribution is 2.27. The number of hydrogen-bond acceptors (Lipinski definition) is 4. The van der Waals surface area contributed by atoms with Gasteiger partial charge in [0.25, 0.3) is 0 Å². The first-order valence-electron chi connectivity index (χ1n) is 10.1. The minimum Gasteiger partial charge on any atom is -0.489 e. The number of para-hydroxylation sites is 2. The molecule has 1 fully saturated rings. The molecule has 0 aliphatic carbocycles. The van der Waals surface area contributed by atoms with Gasteiger partial charge in [0.15, 0.2) is 0 Å². The van der Waals surface area contributed by atoms with Gasteiger partial charge < -0.3 is 9.47 Å². The molecule has 4 nitrogen and oxygen atoms in total. The number of nitrogens with zero attached hydrogens (tertiary/aromatic N) is 2. The van der Waals surface area contributed by atoms with Crippen LogP contribution in [0.5, 0.6) is 11.5 Å². The van der Waals surface area contributed by atoms with Crippen molar-refractivity contribution in [3.8, 4) is 11.5 Å². The summed E-state index contributed by atoms with van der Waals surface area (Å²) >= 11 is 0. The highest BCUT2D eigenvalue weighted by molar-refractivity contribution is 5.85. The molecule has 5 heteroatoms. The molecule has 5 rings (SSSR count). The smallest absolute Gasteiger partial charge is 0.127 e. The van der Waals surface area contributed by atoms with Gasteiger partial charge in [-0.3, -0.25) is 9.80 Å². The molecule has 0 spiro atoms. The van der Waals surface area contributed by atoms with Crippen molar-refractivity contribution in [3.05, 3.63) is 70.8 Å². The summed E-state index contributed by atoms with van der Waals surface area (Å²) in [6, 6.07) is 16.6. The first-order chi connectivity index (χ1) is 13.8.